The van der Waals surface area contributed by atoms with Crippen LogP contribution in [0.25, 0.3) is 0 Å². The summed E-state index contributed by atoms with van der Waals surface area (Å²) in [5.74, 6) is -0.174. The number of non-ortho nitro benzene ring substituents is 1. The SMILES string of the molecule is CC(C)CNC(=O)[C@@H](C)N(Cc1ccccc1F)C(=O)CSCc1ccc([N+](=O)[O-])cc1. The fraction of sp³-hybridized carbons (Fsp3) is 0.391. The van der Waals surface area contributed by atoms with Gasteiger partial charge in [-0.15, -0.1) is 11.8 Å². The van der Waals surface area contributed by atoms with Crippen molar-refractivity contribution in [3.05, 3.63) is 75.6 Å². The van der Waals surface area contributed by atoms with E-state index in [1.807, 2.05) is 13.8 Å². The Morgan fingerprint density at radius 1 is 1.12 bits per heavy atom. The Kier molecular flexibility index (Phi) is 9.64. The molecule has 0 saturated heterocycles. The van der Waals surface area contributed by atoms with Crippen LogP contribution in [-0.4, -0.2) is 40.0 Å². The molecule has 2 aromatic rings. The molecule has 32 heavy (non-hydrogen) atoms. The summed E-state index contributed by atoms with van der Waals surface area (Å²) < 4.78 is 14.2. The van der Waals surface area contributed by atoms with Gasteiger partial charge in [0.25, 0.3) is 5.69 Å². The van der Waals surface area contributed by atoms with Crippen molar-refractivity contribution in [1.82, 2.24) is 10.2 Å². The molecule has 0 aliphatic rings. The lowest BCUT2D eigenvalue weighted by Gasteiger charge is -2.29. The molecule has 7 nitrogen and oxygen atoms in total. The molecule has 0 unspecified atom stereocenters. The topological polar surface area (TPSA) is 92.6 Å². The molecule has 1 atom stereocenters. The van der Waals surface area contributed by atoms with E-state index >= 15 is 0 Å². The van der Waals surface area contributed by atoms with E-state index in [4.69, 9.17) is 0 Å². The second-order valence-electron chi connectivity index (χ2n) is 7.84. The number of nitrogens with zero attached hydrogens (tertiary/aromatic N) is 2. The molecule has 9 heteroatoms. The molecular formula is C23H28FN3O4S. The maximum Gasteiger partial charge on any atom is 0.269 e. The van der Waals surface area contributed by atoms with E-state index < -0.39 is 16.8 Å². The fourth-order valence-electron chi connectivity index (χ4n) is 2.90. The smallest absolute Gasteiger partial charge is 0.269 e. The van der Waals surface area contributed by atoms with Crippen molar-refractivity contribution in [3.63, 3.8) is 0 Å². The molecule has 0 saturated carbocycles. The zero-order chi connectivity index (χ0) is 23.7. The summed E-state index contributed by atoms with van der Waals surface area (Å²) in [6, 6.07) is 11.6. The minimum atomic E-state index is -0.763. The Bertz CT molecular complexity index is 937. The third-order valence-electron chi connectivity index (χ3n) is 4.79. The number of carbonyl (C=O) groups is 2. The third kappa shape index (κ3) is 7.64. The molecule has 0 fully saturated rings. The summed E-state index contributed by atoms with van der Waals surface area (Å²) in [5, 5.41) is 13.6. The number of carbonyl (C=O) groups excluding carboxylic acids is 2. The van der Waals surface area contributed by atoms with Gasteiger partial charge in [0.15, 0.2) is 0 Å². The van der Waals surface area contributed by atoms with Crippen LogP contribution in [0.2, 0.25) is 0 Å². The number of hydrogen-bond acceptors (Lipinski definition) is 5. The van der Waals surface area contributed by atoms with Crippen LogP contribution in [0.15, 0.2) is 48.5 Å². The lowest BCUT2D eigenvalue weighted by Crippen LogP contribution is -2.48. The molecule has 2 aromatic carbocycles. The van der Waals surface area contributed by atoms with Crippen molar-refractivity contribution in [1.29, 1.82) is 0 Å². The van der Waals surface area contributed by atoms with Gasteiger partial charge < -0.3 is 10.2 Å². The van der Waals surface area contributed by atoms with Gasteiger partial charge in [-0.2, -0.15) is 0 Å². The number of amides is 2. The number of benzene rings is 2. The fourth-order valence-corrected chi connectivity index (χ4v) is 3.77. The Morgan fingerprint density at radius 2 is 1.78 bits per heavy atom. The number of nitrogens with one attached hydrogen (secondary N) is 1. The van der Waals surface area contributed by atoms with E-state index in [0.29, 0.717) is 17.9 Å². The van der Waals surface area contributed by atoms with E-state index in [1.54, 1.807) is 37.3 Å². The predicted molar refractivity (Wildman–Crippen MR) is 124 cm³/mol. The van der Waals surface area contributed by atoms with Gasteiger partial charge in [-0.25, -0.2) is 4.39 Å². The van der Waals surface area contributed by atoms with Gasteiger partial charge in [-0.05, 0) is 24.5 Å². The van der Waals surface area contributed by atoms with Gasteiger partial charge >= 0.3 is 0 Å². The first-order valence-electron chi connectivity index (χ1n) is 10.3. The predicted octanol–water partition coefficient (Wildman–Crippen LogP) is 4.16. The largest absolute Gasteiger partial charge is 0.354 e. The third-order valence-corrected chi connectivity index (χ3v) is 5.78. The summed E-state index contributed by atoms with van der Waals surface area (Å²) in [4.78, 5) is 37.3. The molecule has 0 aromatic heterocycles. The molecule has 1 N–H and O–H groups in total. The van der Waals surface area contributed by atoms with Crippen molar-refractivity contribution in [2.75, 3.05) is 12.3 Å². The molecule has 2 amide bonds. The van der Waals surface area contributed by atoms with E-state index in [2.05, 4.69) is 5.32 Å². The number of hydrogen-bond donors (Lipinski definition) is 1. The normalized spacial score (nSPS) is 11.8. The molecule has 0 aliphatic heterocycles. The van der Waals surface area contributed by atoms with E-state index in [0.717, 1.165) is 5.56 Å². The van der Waals surface area contributed by atoms with E-state index in [-0.39, 0.29) is 35.7 Å². The van der Waals surface area contributed by atoms with Gasteiger partial charge in [0.2, 0.25) is 11.8 Å². The molecule has 0 spiro atoms. The highest BCUT2D eigenvalue weighted by atomic mass is 32.2. The van der Waals surface area contributed by atoms with Gasteiger partial charge in [0.05, 0.1) is 10.7 Å². The minimum Gasteiger partial charge on any atom is -0.354 e. The lowest BCUT2D eigenvalue weighted by atomic mass is 10.1. The average molecular weight is 462 g/mol. The van der Waals surface area contributed by atoms with Crippen LogP contribution in [0, 0.1) is 21.8 Å². The second kappa shape index (κ2) is 12.2. The van der Waals surface area contributed by atoms with E-state index in [1.165, 1.54) is 34.9 Å². The number of nitro benzene ring substituents is 1. The first-order valence-corrected chi connectivity index (χ1v) is 11.5. The molecular weight excluding hydrogens is 433 g/mol. The molecule has 0 bridgehead atoms. The molecule has 2 rings (SSSR count). The molecule has 0 aliphatic carbocycles. The average Bonchev–Trinajstić information content (AvgIpc) is 2.76. The maximum atomic E-state index is 14.2. The van der Waals surface area contributed by atoms with Crippen LogP contribution in [0.3, 0.4) is 0 Å². The van der Waals surface area contributed by atoms with Crippen LogP contribution in [0.4, 0.5) is 10.1 Å². The highest BCUT2D eigenvalue weighted by molar-refractivity contribution is 7.99. The van der Waals surface area contributed by atoms with Crippen molar-refractivity contribution in [2.45, 2.75) is 39.1 Å². The van der Waals surface area contributed by atoms with Crippen LogP contribution < -0.4 is 5.32 Å². The number of rotatable bonds is 11. The summed E-state index contributed by atoms with van der Waals surface area (Å²) in [7, 11) is 0. The van der Waals surface area contributed by atoms with Gasteiger partial charge in [-0.3, -0.25) is 19.7 Å². The Morgan fingerprint density at radius 3 is 2.38 bits per heavy atom. The second-order valence-corrected chi connectivity index (χ2v) is 8.83. The number of nitro groups is 1. The quantitative estimate of drug-likeness (QED) is 0.401. The number of thioether (sulfide) groups is 1. The first kappa shape index (κ1) is 25.3. The van der Waals surface area contributed by atoms with Crippen LogP contribution in [0.1, 0.15) is 31.9 Å². The Balaban J connectivity index is 2.06. The van der Waals surface area contributed by atoms with Crippen LogP contribution in [-0.2, 0) is 21.9 Å². The van der Waals surface area contributed by atoms with Crippen molar-refractivity contribution in [3.8, 4) is 0 Å². The summed E-state index contributed by atoms with van der Waals surface area (Å²) >= 11 is 1.33. The van der Waals surface area contributed by atoms with Gasteiger partial charge in [-0.1, -0.05) is 44.2 Å². The maximum absolute atomic E-state index is 14.2. The van der Waals surface area contributed by atoms with Crippen LogP contribution >= 0.6 is 11.8 Å². The zero-order valence-electron chi connectivity index (χ0n) is 18.4. The highest BCUT2D eigenvalue weighted by Gasteiger charge is 2.26. The molecule has 0 radical (unpaired) electrons. The summed E-state index contributed by atoms with van der Waals surface area (Å²) in [6.45, 7) is 6.05. The van der Waals surface area contributed by atoms with Gasteiger partial charge in [0, 0.05) is 36.5 Å². The minimum absolute atomic E-state index is 0.00660. The standard InChI is InChI=1S/C23H28FN3O4S/c1-16(2)12-25-23(29)17(3)26(13-19-6-4-5-7-21(19)24)22(28)15-32-14-18-8-10-20(11-9-18)27(30)31/h4-11,16-17H,12-15H2,1-3H3,(H,25,29)/t17-/m1/s1. The van der Waals surface area contributed by atoms with Gasteiger partial charge in [0.1, 0.15) is 11.9 Å². The zero-order valence-corrected chi connectivity index (χ0v) is 19.2. The van der Waals surface area contributed by atoms with Crippen molar-refractivity contribution < 1.29 is 18.9 Å². The van der Waals surface area contributed by atoms with Crippen molar-refractivity contribution in [2.24, 2.45) is 5.92 Å². The van der Waals surface area contributed by atoms with Crippen LogP contribution in [0.5, 0.6) is 0 Å². The summed E-state index contributed by atoms with van der Waals surface area (Å²) in [5.41, 5.74) is 1.19. The van der Waals surface area contributed by atoms with E-state index in [9.17, 15) is 24.1 Å². The first-order chi connectivity index (χ1) is 15.2. The number of halogens is 1. The molecule has 172 valence electrons. The van der Waals surface area contributed by atoms with Crippen molar-refractivity contribution >= 4 is 29.3 Å². The Hall–Kier alpha value is -2.94. The monoisotopic (exact) mass is 461 g/mol. The Labute approximate surface area is 191 Å². The highest BCUT2D eigenvalue weighted by Crippen LogP contribution is 2.19. The summed E-state index contributed by atoms with van der Waals surface area (Å²) in [6.07, 6.45) is 0. The lowest BCUT2D eigenvalue weighted by molar-refractivity contribution is -0.384. The molecule has 0 heterocycles.